The molecule has 24 heavy (non-hydrogen) atoms. The van der Waals surface area contributed by atoms with E-state index in [1.165, 1.54) is 0 Å². The van der Waals surface area contributed by atoms with Gasteiger partial charge in [0, 0.05) is 51.6 Å². The maximum Gasteiger partial charge on any atom is 0.238 e. The van der Waals surface area contributed by atoms with Gasteiger partial charge in [0.05, 0.1) is 0 Å². The van der Waals surface area contributed by atoms with Crippen LogP contribution in [-0.2, 0) is 16.1 Å². The van der Waals surface area contributed by atoms with Crippen LogP contribution in [0.2, 0.25) is 0 Å². The number of carbonyl (C=O) groups excluding carboxylic acids is 2. The van der Waals surface area contributed by atoms with E-state index in [1.807, 2.05) is 42.3 Å². The molecule has 2 unspecified atom stereocenters. The molecule has 0 saturated carbocycles. The Balaban J connectivity index is 1.46. The maximum absolute atomic E-state index is 12.3. The lowest BCUT2D eigenvalue weighted by Crippen LogP contribution is -2.56. The molecule has 0 aliphatic carbocycles. The van der Waals surface area contributed by atoms with Crippen molar-refractivity contribution in [1.82, 2.24) is 20.4 Å². The molecule has 2 amide bonds. The number of likely N-dealkylation sites (N-methyl/N-ethyl adjacent to an activating group) is 1. The van der Waals surface area contributed by atoms with E-state index < -0.39 is 0 Å². The fourth-order valence-corrected chi connectivity index (χ4v) is 3.41. The van der Waals surface area contributed by atoms with Crippen LogP contribution in [0.15, 0.2) is 30.3 Å². The molecule has 6 nitrogen and oxygen atoms in total. The van der Waals surface area contributed by atoms with Gasteiger partial charge in [0.15, 0.2) is 0 Å². The predicted octanol–water partition coefficient (Wildman–Crippen LogP) is 0.0549. The predicted molar refractivity (Wildman–Crippen MR) is 92.3 cm³/mol. The lowest BCUT2D eigenvalue weighted by atomic mass is 10.1. The third kappa shape index (κ3) is 4.13. The van der Waals surface area contributed by atoms with Gasteiger partial charge in [-0.15, -0.1) is 0 Å². The van der Waals surface area contributed by atoms with E-state index in [2.05, 4.69) is 15.5 Å². The van der Waals surface area contributed by atoms with Crippen molar-refractivity contribution < 1.29 is 9.59 Å². The first-order valence-electron chi connectivity index (χ1n) is 8.64. The molecule has 2 saturated heterocycles. The normalized spacial score (nSPS) is 25.0. The second kappa shape index (κ2) is 7.77. The highest BCUT2D eigenvalue weighted by Crippen LogP contribution is 2.19. The summed E-state index contributed by atoms with van der Waals surface area (Å²) in [7, 11) is 1.98. The lowest BCUT2D eigenvalue weighted by Gasteiger charge is -2.32. The van der Waals surface area contributed by atoms with Crippen LogP contribution in [0.5, 0.6) is 0 Å². The Kier molecular flexibility index (Phi) is 5.48. The van der Waals surface area contributed by atoms with Crippen molar-refractivity contribution in [3.8, 4) is 0 Å². The minimum atomic E-state index is -0.115. The maximum atomic E-state index is 12.3. The van der Waals surface area contributed by atoms with Crippen molar-refractivity contribution in [3.05, 3.63) is 35.9 Å². The highest BCUT2D eigenvalue weighted by Gasteiger charge is 2.31. The van der Waals surface area contributed by atoms with Crippen molar-refractivity contribution in [3.63, 3.8) is 0 Å². The van der Waals surface area contributed by atoms with Gasteiger partial charge in [0.2, 0.25) is 11.8 Å². The first-order valence-corrected chi connectivity index (χ1v) is 8.64. The summed E-state index contributed by atoms with van der Waals surface area (Å²) in [5.41, 5.74) is 1.14. The van der Waals surface area contributed by atoms with Crippen LogP contribution in [0.3, 0.4) is 0 Å². The summed E-state index contributed by atoms with van der Waals surface area (Å²) in [6.07, 6.45) is 0.520. The first kappa shape index (κ1) is 16.9. The number of nitrogens with one attached hydrogen (secondary N) is 2. The second-order valence-electron chi connectivity index (χ2n) is 6.78. The van der Waals surface area contributed by atoms with E-state index >= 15 is 0 Å². The smallest absolute Gasteiger partial charge is 0.238 e. The summed E-state index contributed by atoms with van der Waals surface area (Å²) in [5, 5.41) is 6.28. The van der Waals surface area contributed by atoms with Crippen molar-refractivity contribution in [2.24, 2.45) is 5.92 Å². The Bertz CT molecular complexity index is 578. The summed E-state index contributed by atoms with van der Waals surface area (Å²) in [4.78, 5) is 28.5. The monoisotopic (exact) mass is 330 g/mol. The fourth-order valence-electron chi connectivity index (χ4n) is 3.41. The van der Waals surface area contributed by atoms with Crippen LogP contribution in [-0.4, -0.2) is 67.4 Å². The molecule has 130 valence electrons. The molecule has 2 atom stereocenters. The molecular formula is C18H26N4O2. The molecule has 2 fully saturated rings. The van der Waals surface area contributed by atoms with Crippen molar-refractivity contribution >= 4 is 11.8 Å². The largest absolute Gasteiger partial charge is 0.354 e. The van der Waals surface area contributed by atoms with Gasteiger partial charge < -0.3 is 15.5 Å². The van der Waals surface area contributed by atoms with Gasteiger partial charge in [0.1, 0.15) is 6.04 Å². The molecule has 2 aliphatic rings. The Labute approximate surface area is 143 Å². The number of amides is 2. The zero-order chi connectivity index (χ0) is 16.9. The van der Waals surface area contributed by atoms with Gasteiger partial charge in [0.25, 0.3) is 0 Å². The zero-order valence-corrected chi connectivity index (χ0v) is 14.2. The molecule has 6 heteroatoms. The minimum Gasteiger partial charge on any atom is -0.354 e. The number of nitrogens with zero attached hydrogens (tertiary/aromatic N) is 2. The van der Waals surface area contributed by atoms with Crippen molar-refractivity contribution in [2.45, 2.75) is 19.0 Å². The van der Waals surface area contributed by atoms with E-state index in [0.717, 1.165) is 18.7 Å². The van der Waals surface area contributed by atoms with Crippen LogP contribution in [0.1, 0.15) is 12.0 Å². The molecule has 0 spiro atoms. The third-order valence-corrected chi connectivity index (χ3v) is 4.89. The van der Waals surface area contributed by atoms with Gasteiger partial charge >= 0.3 is 0 Å². The Morgan fingerprint density at radius 2 is 2.12 bits per heavy atom. The summed E-state index contributed by atoms with van der Waals surface area (Å²) >= 11 is 0. The molecule has 2 N–H and O–H groups in total. The van der Waals surface area contributed by atoms with Crippen LogP contribution < -0.4 is 10.6 Å². The molecule has 0 aromatic heterocycles. The van der Waals surface area contributed by atoms with Crippen LogP contribution in [0.4, 0.5) is 0 Å². The number of hydrogen-bond donors (Lipinski definition) is 2. The van der Waals surface area contributed by atoms with Gasteiger partial charge in [-0.1, -0.05) is 30.3 Å². The number of piperazine rings is 1. The van der Waals surface area contributed by atoms with Crippen LogP contribution >= 0.6 is 0 Å². The number of hydrogen-bond acceptors (Lipinski definition) is 4. The average Bonchev–Trinajstić information content (AvgIpc) is 2.94. The van der Waals surface area contributed by atoms with Crippen molar-refractivity contribution in [1.29, 1.82) is 0 Å². The summed E-state index contributed by atoms with van der Waals surface area (Å²) in [6, 6.07) is 9.91. The molecular weight excluding hydrogens is 304 g/mol. The second-order valence-corrected chi connectivity index (χ2v) is 6.78. The standard InChI is InChI=1S/C18H26N4O2/c1-21-8-7-19-11-16(21)18(24)20-10-15-9-17(23)22(13-15)12-14-5-3-2-4-6-14/h2-6,15-16,19H,7-13H2,1H3,(H,20,24). The van der Waals surface area contributed by atoms with E-state index in [4.69, 9.17) is 0 Å². The Morgan fingerprint density at radius 3 is 2.88 bits per heavy atom. The zero-order valence-electron chi connectivity index (χ0n) is 14.2. The molecule has 0 bridgehead atoms. The summed E-state index contributed by atoms with van der Waals surface area (Å²) in [6.45, 7) is 4.43. The highest BCUT2D eigenvalue weighted by molar-refractivity contribution is 5.82. The highest BCUT2D eigenvalue weighted by atomic mass is 16.2. The van der Waals surface area contributed by atoms with Gasteiger partial charge in [-0.05, 0) is 12.6 Å². The van der Waals surface area contributed by atoms with E-state index in [1.54, 1.807) is 0 Å². The van der Waals surface area contributed by atoms with E-state index in [9.17, 15) is 9.59 Å². The van der Waals surface area contributed by atoms with Gasteiger partial charge in [-0.25, -0.2) is 0 Å². The number of benzene rings is 1. The van der Waals surface area contributed by atoms with E-state index in [0.29, 0.717) is 32.6 Å². The van der Waals surface area contributed by atoms with Crippen molar-refractivity contribution in [2.75, 3.05) is 39.8 Å². The Hall–Kier alpha value is -1.92. The molecule has 3 rings (SSSR count). The van der Waals surface area contributed by atoms with Crippen LogP contribution in [0.25, 0.3) is 0 Å². The third-order valence-electron chi connectivity index (χ3n) is 4.89. The summed E-state index contributed by atoms with van der Waals surface area (Å²) in [5.74, 6) is 0.431. The van der Waals surface area contributed by atoms with Gasteiger partial charge in [-0.3, -0.25) is 14.5 Å². The number of likely N-dealkylation sites (tertiary alicyclic amines) is 1. The van der Waals surface area contributed by atoms with E-state index in [-0.39, 0.29) is 23.8 Å². The quantitative estimate of drug-likeness (QED) is 0.801. The molecule has 2 aliphatic heterocycles. The molecule has 1 aromatic carbocycles. The Morgan fingerprint density at radius 1 is 1.33 bits per heavy atom. The first-order chi connectivity index (χ1) is 11.6. The number of carbonyl (C=O) groups is 2. The minimum absolute atomic E-state index is 0.0543. The fraction of sp³-hybridized carbons (Fsp3) is 0.556. The molecule has 2 heterocycles. The van der Waals surface area contributed by atoms with Gasteiger partial charge in [-0.2, -0.15) is 0 Å². The summed E-state index contributed by atoms with van der Waals surface area (Å²) < 4.78 is 0. The topological polar surface area (TPSA) is 64.7 Å². The number of rotatable bonds is 5. The lowest BCUT2D eigenvalue weighted by molar-refractivity contribution is -0.128. The molecule has 1 aromatic rings. The SMILES string of the molecule is CN1CCNCC1C(=O)NCC1CC(=O)N(Cc2ccccc2)C1. The average molecular weight is 330 g/mol. The molecule has 0 radical (unpaired) electrons. The van der Waals surface area contributed by atoms with Crippen LogP contribution in [0, 0.1) is 5.92 Å².